The molecule has 1 aliphatic heterocycles. The van der Waals surface area contributed by atoms with E-state index in [1.54, 1.807) is 0 Å². The van der Waals surface area contributed by atoms with Gasteiger partial charge in [0, 0.05) is 18.9 Å². The Balaban J connectivity index is 0.00000210. The standard InChI is InChI=1S/C20H17NO4S.Li/c1-12-4-2-3-5-15(12)17-8-6-13-10-14(7-9-16(13)25-17)24-20-21-11-18(26-20)19(22)23;/h2-5,7,9-11,17H,6,8H2,1H3,(H,22,23);. The molecule has 0 aliphatic carbocycles. The Morgan fingerprint density at radius 2 is 2.11 bits per heavy atom. The maximum atomic E-state index is 10.9. The van der Waals surface area contributed by atoms with Crippen LogP contribution in [-0.2, 0) is 6.42 Å². The molecule has 4 rings (SSSR count). The van der Waals surface area contributed by atoms with Crippen molar-refractivity contribution < 1.29 is 19.4 Å². The van der Waals surface area contributed by atoms with E-state index >= 15 is 0 Å². The molecule has 0 saturated heterocycles. The Kier molecular flexibility index (Phi) is 5.91. The maximum Gasteiger partial charge on any atom is 0.347 e. The van der Waals surface area contributed by atoms with Gasteiger partial charge < -0.3 is 14.6 Å². The molecule has 2 heterocycles. The van der Waals surface area contributed by atoms with Crippen LogP contribution in [0.5, 0.6) is 16.7 Å². The summed E-state index contributed by atoms with van der Waals surface area (Å²) in [5.41, 5.74) is 3.55. The minimum Gasteiger partial charge on any atom is -0.485 e. The van der Waals surface area contributed by atoms with Gasteiger partial charge in [0.05, 0.1) is 6.20 Å². The van der Waals surface area contributed by atoms with Crippen LogP contribution in [0.4, 0.5) is 0 Å². The van der Waals surface area contributed by atoms with Crippen molar-refractivity contribution in [3.05, 3.63) is 70.2 Å². The third-order valence-corrected chi connectivity index (χ3v) is 5.28. The van der Waals surface area contributed by atoms with Crippen LogP contribution >= 0.6 is 11.3 Å². The number of aromatic nitrogens is 1. The van der Waals surface area contributed by atoms with E-state index in [-0.39, 0.29) is 29.8 Å². The number of benzene rings is 2. The van der Waals surface area contributed by atoms with Crippen molar-refractivity contribution in [2.45, 2.75) is 25.9 Å². The number of hydrogen-bond donors (Lipinski definition) is 1. The summed E-state index contributed by atoms with van der Waals surface area (Å²) in [4.78, 5) is 15.1. The number of nitrogens with zero attached hydrogens (tertiary/aromatic N) is 1. The molecule has 1 N–H and O–H groups in total. The average Bonchev–Trinajstić information content (AvgIpc) is 3.10. The van der Waals surface area contributed by atoms with Crippen molar-refractivity contribution in [1.29, 1.82) is 0 Å². The minimum absolute atomic E-state index is 0. The van der Waals surface area contributed by atoms with E-state index in [2.05, 4.69) is 24.0 Å². The summed E-state index contributed by atoms with van der Waals surface area (Å²) in [6.07, 6.45) is 3.16. The van der Waals surface area contributed by atoms with Crippen LogP contribution in [0.3, 0.4) is 0 Å². The first-order valence-electron chi connectivity index (χ1n) is 8.32. The van der Waals surface area contributed by atoms with Crippen LogP contribution in [0.2, 0.25) is 0 Å². The fourth-order valence-electron chi connectivity index (χ4n) is 3.10. The van der Waals surface area contributed by atoms with Gasteiger partial charge >= 0.3 is 5.97 Å². The first-order chi connectivity index (χ1) is 12.6. The van der Waals surface area contributed by atoms with E-state index in [1.165, 1.54) is 17.3 Å². The number of carbonyl (C=O) groups is 1. The molecule has 1 aliphatic rings. The van der Waals surface area contributed by atoms with Crippen LogP contribution in [0, 0.1) is 6.92 Å². The van der Waals surface area contributed by atoms with Gasteiger partial charge in [0.15, 0.2) is 0 Å². The summed E-state index contributed by atoms with van der Waals surface area (Å²) in [5.74, 6) is 0.494. The number of thiazole rings is 1. The molecule has 5 nitrogen and oxygen atoms in total. The summed E-state index contributed by atoms with van der Waals surface area (Å²) >= 11 is 1.01. The summed E-state index contributed by atoms with van der Waals surface area (Å²) in [7, 11) is 0. The summed E-state index contributed by atoms with van der Waals surface area (Å²) in [6, 6.07) is 14.0. The van der Waals surface area contributed by atoms with Gasteiger partial charge in [-0.25, -0.2) is 9.78 Å². The Morgan fingerprint density at radius 1 is 1.30 bits per heavy atom. The van der Waals surface area contributed by atoms with Crippen molar-refractivity contribution in [2.24, 2.45) is 0 Å². The molecule has 0 bridgehead atoms. The second-order valence-electron chi connectivity index (χ2n) is 6.17. The van der Waals surface area contributed by atoms with Crippen LogP contribution < -0.4 is 9.47 Å². The van der Waals surface area contributed by atoms with Crippen molar-refractivity contribution in [3.63, 3.8) is 0 Å². The number of rotatable bonds is 4. The van der Waals surface area contributed by atoms with E-state index in [4.69, 9.17) is 14.6 Å². The molecule has 0 saturated carbocycles. The normalized spacial score (nSPS) is 15.2. The Hall–Kier alpha value is -2.26. The van der Waals surface area contributed by atoms with Gasteiger partial charge in [0.1, 0.15) is 22.5 Å². The molecule has 1 aromatic heterocycles. The second-order valence-corrected chi connectivity index (χ2v) is 7.16. The number of hydrogen-bond acceptors (Lipinski definition) is 5. The Morgan fingerprint density at radius 3 is 2.85 bits per heavy atom. The molecule has 7 heteroatoms. The topological polar surface area (TPSA) is 68.7 Å². The van der Waals surface area contributed by atoms with Gasteiger partial charge in [0.2, 0.25) is 0 Å². The van der Waals surface area contributed by atoms with Crippen LogP contribution in [0.25, 0.3) is 0 Å². The quantitative estimate of drug-likeness (QED) is 0.675. The molecule has 0 fully saturated rings. The summed E-state index contributed by atoms with van der Waals surface area (Å²) < 4.78 is 11.9. The average molecular weight is 374 g/mol. The van der Waals surface area contributed by atoms with Gasteiger partial charge in [0.25, 0.3) is 5.19 Å². The van der Waals surface area contributed by atoms with Gasteiger partial charge in [-0.15, -0.1) is 0 Å². The first-order valence-corrected chi connectivity index (χ1v) is 9.14. The number of aryl methyl sites for hydroxylation is 2. The van der Waals surface area contributed by atoms with E-state index in [9.17, 15) is 4.79 Å². The van der Waals surface area contributed by atoms with E-state index < -0.39 is 5.97 Å². The predicted octanol–water partition coefficient (Wildman–Crippen LogP) is 4.63. The van der Waals surface area contributed by atoms with Gasteiger partial charge in [-0.1, -0.05) is 35.6 Å². The number of ether oxygens (including phenoxy) is 2. The number of carboxylic acids is 1. The molecule has 0 spiro atoms. The van der Waals surface area contributed by atoms with E-state index in [1.807, 2.05) is 30.3 Å². The van der Waals surface area contributed by atoms with Crippen LogP contribution in [0.15, 0.2) is 48.7 Å². The fourth-order valence-corrected chi connectivity index (χ4v) is 3.72. The van der Waals surface area contributed by atoms with Gasteiger partial charge in [-0.2, -0.15) is 0 Å². The van der Waals surface area contributed by atoms with Gasteiger partial charge in [-0.3, -0.25) is 0 Å². The maximum absolute atomic E-state index is 10.9. The van der Waals surface area contributed by atoms with Crippen molar-refractivity contribution in [3.8, 4) is 16.7 Å². The smallest absolute Gasteiger partial charge is 0.347 e. The third kappa shape index (κ3) is 4.19. The molecular formula is C20H17LiNO4S. The van der Waals surface area contributed by atoms with Gasteiger partial charge in [-0.05, 0) is 54.7 Å². The molecule has 2 aromatic carbocycles. The predicted molar refractivity (Wildman–Crippen MR) is 104 cm³/mol. The second kappa shape index (κ2) is 8.18. The fraction of sp³-hybridized carbons (Fsp3) is 0.200. The number of aromatic carboxylic acids is 1. The van der Waals surface area contributed by atoms with Crippen molar-refractivity contribution >= 4 is 36.2 Å². The van der Waals surface area contributed by atoms with Crippen LogP contribution in [-0.4, -0.2) is 34.9 Å². The zero-order valence-electron chi connectivity index (χ0n) is 15.1. The SMILES string of the molecule is Cc1ccccc1C1CCc2cc(Oc3ncc(C(=O)O)s3)ccc2O1.[Li]. The zero-order valence-corrected chi connectivity index (χ0v) is 16.0. The van der Waals surface area contributed by atoms with E-state index in [0.29, 0.717) is 10.9 Å². The molecule has 1 radical (unpaired) electrons. The number of carboxylic acid groups (broad SMARTS) is 1. The zero-order chi connectivity index (χ0) is 18.1. The molecule has 1 atom stereocenters. The molecular weight excluding hydrogens is 357 g/mol. The van der Waals surface area contributed by atoms with E-state index in [0.717, 1.165) is 35.5 Å². The molecule has 3 aromatic rings. The molecule has 1 unspecified atom stereocenters. The Labute approximate surface area is 173 Å². The van der Waals surface area contributed by atoms with Crippen molar-refractivity contribution in [1.82, 2.24) is 4.98 Å². The Bertz CT molecular complexity index is 972. The third-order valence-electron chi connectivity index (χ3n) is 4.41. The van der Waals surface area contributed by atoms with Crippen molar-refractivity contribution in [2.75, 3.05) is 0 Å². The molecule has 133 valence electrons. The molecule has 0 amide bonds. The number of fused-ring (bicyclic) bond motifs is 1. The monoisotopic (exact) mass is 374 g/mol. The summed E-state index contributed by atoms with van der Waals surface area (Å²) in [5, 5.41) is 9.28. The van der Waals surface area contributed by atoms with Crippen LogP contribution in [0.1, 0.15) is 38.9 Å². The largest absolute Gasteiger partial charge is 0.485 e. The summed E-state index contributed by atoms with van der Waals surface area (Å²) in [6.45, 7) is 2.10. The molecule has 27 heavy (non-hydrogen) atoms. The first kappa shape index (κ1) is 19.5. The minimum atomic E-state index is -1.00.